The van der Waals surface area contributed by atoms with Gasteiger partial charge in [-0.25, -0.2) is 0 Å². The Labute approximate surface area is 143 Å². The highest BCUT2D eigenvalue weighted by Crippen LogP contribution is 2.47. The number of benzene rings is 2. The van der Waals surface area contributed by atoms with Crippen LogP contribution in [0.1, 0.15) is 0 Å². The number of phenols is 1. The van der Waals surface area contributed by atoms with Crippen molar-refractivity contribution in [2.75, 3.05) is 7.11 Å². The number of methoxy groups -OCH3 is 1. The molecule has 24 heavy (non-hydrogen) atoms. The van der Waals surface area contributed by atoms with Gasteiger partial charge in [0.2, 0.25) is 11.5 Å². The van der Waals surface area contributed by atoms with E-state index in [0.29, 0.717) is 5.56 Å². The summed E-state index contributed by atoms with van der Waals surface area (Å²) in [6.07, 6.45) is 0. The zero-order chi connectivity index (χ0) is 17.4. The number of aromatic hydroxyl groups is 1. The molecule has 2 aromatic carbocycles. The molecule has 0 fully saturated rings. The molecule has 122 valence electrons. The summed E-state index contributed by atoms with van der Waals surface area (Å²) in [6.45, 7) is 0. The highest BCUT2D eigenvalue weighted by molar-refractivity contribution is 9.10. The van der Waals surface area contributed by atoms with Crippen molar-refractivity contribution in [1.82, 2.24) is 0 Å². The first kappa shape index (κ1) is 16.0. The van der Waals surface area contributed by atoms with Crippen molar-refractivity contribution in [2.45, 2.75) is 0 Å². The van der Waals surface area contributed by atoms with E-state index in [1.165, 1.54) is 13.2 Å². The molecule has 0 saturated heterocycles. The maximum Gasteiger partial charge on any atom is 0.354 e. The van der Waals surface area contributed by atoms with Crippen molar-refractivity contribution in [3.05, 3.63) is 61.2 Å². The molecule has 3 rings (SSSR count). The number of nitrogens with zero attached hydrogens (tertiary/aromatic N) is 1. The second kappa shape index (κ2) is 5.97. The fourth-order valence-electron chi connectivity index (χ4n) is 2.41. The lowest BCUT2D eigenvalue weighted by atomic mass is 10.1. The van der Waals surface area contributed by atoms with Gasteiger partial charge in [0.15, 0.2) is 11.0 Å². The molecule has 0 unspecified atom stereocenters. The highest BCUT2D eigenvalue weighted by Gasteiger charge is 2.30. The number of phenolic OH excluding ortho intramolecular Hbond substituents is 1. The molecule has 1 aromatic heterocycles. The molecule has 0 saturated carbocycles. The van der Waals surface area contributed by atoms with E-state index in [0.717, 1.165) is 0 Å². The zero-order valence-electron chi connectivity index (χ0n) is 12.3. The molecule has 1 heterocycles. The summed E-state index contributed by atoms with van der Waals surface area (Å²) in [5.41, 5.74) is -0.669. The van der Waals surface area contributed by atoms with Crippen LogP contribution in [-0.2, 0) is 0 Å². The van der Waals surface area contributed by atoms with E-state index in [9.17, 15) is 20.0 Å². The number of rotatable bonds is 3. The van der Waals surface area contributed by atoms with E-state index in [-0.39, 0.29) is 27.0 Å². The van der Waals surface area contributed by atoms with Gasteiger partial charge in [-0.2, -0.15) is 0 Å². The maximum atomic E-state index is 12.4. The minimum atomic E-state index is -0.817. The summed E-state index contributed by atoms with van der Waals surface area (Å²) in [7, 11) is 1.22. The smallest absolute Gasteiger partial charge is 0.354 e. The number of halogens is 1. The molecular formula is C16H10BrNO6. The number of nitro groups is 1. The van der Waals surface area contributed by atoms with Crippen LogP contribution in [0, 0.1) is 10.1 Å². The Morgan fingerprint density at radius 3 is 2.54 bits per heavy atom. The predicted molar refractivity (Wildman–Crippen MR) is 90.5 cm³/mol. The van der Waals surface area contributed by atoms with Crippen LogP contribution < -0.4 is 10.2 Å². The Morgan fingerprint density at radius 1 is 1.29 bits per heavy atom. The second-order valence-electron chi connectivity index (χ2n) is 4.85. The third kappa shape index (κ3) is 2.41. The van der Waals surface area contributed by atoms with Crippen molar-refractivity contribution >= 4 is 32.6 Å². The normalized spacial score (nSPS) is 10.8. The van der Waals surface area contributed by atoms with Crippen LogP contribution >= 0.6 is 15.9 Å². The fourth-order valence-corrected chi connectivity index (χ4v) is 3.03. The van der Waals surface area contributed by atoms with Crippen molar-refractivity contribution in [2.24, 2.45) is 0 Å². The van der Waals surface area contributed by atoms with Crippen LogP contribution in [0.4, 0.5) is 5.69 Å². The number of nitro benzene ring substituents is 1. The van der Waals surface area contributed by atoms with Crippen molar-refractivity contribution < 1.29 is 19.2 Å². The fraction of sp³-hybridized carbons (Fsp3) is 0.0625. The first-order valence-electron chi connectivity index (χ1n) is 6.71. The van der Waals surface area contributed by atoms with Crippen LogP contribution in [0.25, 0.3) is 22.3 Å². The third-order valence-electron chi connectivity index (χ3n) is 3.47. The molecule has 0 atom stereocenters. The summed E-state index contributed by atoms with van der Waals surface area (Å²) < 4.78 is 10.8. The van der Waals surface area contributed by atoms with Gasteiger partial charge in [0.1, 0.15) is 15.6 Å². The van der Waals surface area contributed by atoms with Gasteiger partial charge in [-0.05, 0) is 15.9 Å². The van der Waals surface area contributed by atoms with Gasteiger partial charge in [-0.15, -0.1) is 0 Å². The first-order valence-corrected chi connectivity index (χ1v) is 7.51. The van der Waals surface area contributed by atoms with Gasteiger partial charge in [-0.3, -0.25) is 14.9 Å². The molecule has 1 N–H and O–H groups in total. The van der Waals surface area contributed by atoms with Crippen LogP contribution in [0.3, 0.4) is 0 Å². The summed E-state index contributed by atoms with van der Waals surface area (Å²) in [5, 5.41) is 21.1. The van der Waals surface area contributed by atoms with Crippen molar-refractivity contribution in [3.63, 3.8) is 0 Å². The lowest BCUT2D eigenvalue weighted by Crippen LogP contribution is -2.04. The van der Waals surface area contributed by atoms with Gasteiger partial charge in [-0.1, -0.05) is 30.3 Å². The van der Waals surface area contributed by atoms with Crippen molar-refractivity contribution in [1.29, 1.82) is 0 Å². The molecule has 0 aliphatic carbocycles. The molecule has 0 bridgehead atoms. The highest BCUT2D eigenvalue weighted by atomic mass is 79.9. The van der Waals surface area contributed by atoms with Gasteiger partial charge in [0.25, 0.3) is 0 Å². The SMILES string of the molecule is COc1c([N+](=O)[O-])c(O)c2c(=O)cc(-c3ccccc3)oc2c1Br. The average Bonchev–Trinajstić information content (AvgIpc) is 2.57. The molecule has 0 amide bonds. The van der Waals surface area contributed by atoms with E-state index >= 15 is 0 Å². The predicted octanol–water partition coefficient (Wildman–Crippen LogP) is 3.84. The number of hydrogen-bond acceptors (Lipinski definition) is 6. The van der Waals surface area contributed by atoms with E-state index in [2.05, 4.69) is 15.9 Å². The molecule has 8 heteroatoms. The van der Waals surface area contributed by atoms with E-state index in [1.54, 1.807) is 24.3 Å². The molecule has 0 spiro atoms. The largest absolute Gasteiger partial charge is 0.501 e. The van der Waals surface area contributed by atoms with E-state index < -0.39 is 21.8 Å². The standard InChI is InChI=1S/C16H10BrNO6/c1-23-16-12(17)15-11(14(20)13(16)18(21)22)9(19)7-10(24-15)8-5-3-2-4-6-8/h2-7,20H,1H3. The molecular weight excluding hydrogens is 382 g/mol. The second-order valence-corrected chi connectivity index (χ2v) is 5.64. The molecule has 0 aliphatic heterocycles. The topological polar surface area (TPSA) is 103 Å². The van der Waals surface area contributed by atoms with Crippen LogP contribution in [0.5, 0.6) is 11.5 Å². The maximum absolute atomic E-state index is 12.4. The van der Waals surface area contributed by atoms with Crippen LogP contribution in [0.15, 0.2) is 50.1 Å². The zero-order valence-corrected chi connectivity index (χ0v) is 13.9. The lowest BCUT2D eigenvalue weighted by molar-refractivity contribution is -0.386. The number of ether oxygens (including phenoxy) is 1. The Hall–Kier alpha value is -2.87. The van der Waals surface area contributed by atoms with Gasteiger partial charge >= 0.3 is 5.69 Å². The lowest BCUT2D eigenvalue weighted by Gasteiger charge is -2.10. The minimum absolute atomic E-state index is 0.0266. The first-order chi connectivity index (χ1) is 11.5. The summed E-state index contributed by atoms with van der Waals surface area (Å²) in [5.74, 6) is -0.745. The van der Waals surface area contributed by atoms with Crippen molar-refractivity contribution in [3.8, 4) is 22.8 Å². The Morgan fingerprint density at radius 2 is 1.96 bits per heavy atom. The average molecular weight is 392 g/mol. The van der Waals surface area contributed by atoms with Gasteiger partial charge in [0, 0.05) is 11.6 Å². The van der Waals surface area contributed by atoms with Crippen LogP contribution in [0.2, 0.25) is 0 Å². The van der Waals surface area contributed by atoms with Crippen LogP contribution in [-0.4, -0.2) is 17.1 Å². The summed E-state index contributed by atoms with van der Waals surface area (Å²) in [6, 6.07) is 10.1. The third-order valence-corrected chi connectivity index (χ3v) is 4.19. The molecule has 0 radical (unpaired) electrons. The Bertz CT molecular complexity index is 1010. The quantitative estimate of drug-likeness (QED) is 0.537. The van der Waals surface area contributed by atoms with E-state index in [1.807, 2.05) is 6.07 Å². The number of hydrogen-bond donors (Lipinski definition) is 1. The minimum Gasteiger partial charge on any atom is -0.501 e. The van der Waals surface area contributed by atoms with E-state index in [4.69, 9.17) is 9.15 Å². The van der Waals surface area contributed by atoms with Gasteiger partial charge in [0.05, 0.1) is 12.0 Å². The Kier molecular flexibility index (Phi) is 3.98. The molecule has 0 aliphatic rings. The number of fused-ring (bicyclic) bond motifs is 1. The monoisotopic (exact) mass is 391 g/mol. The molecule has 3 aromatic rings. The molecule has 7 nitrogen and oxygen atoms in total. The summed E-state index contributed by atoms with van der Waals surface area (Å²) >= 11 is 3.16. The van der Waals surface area contributed by atoms with Gasteiger partial charge < -0.3 is 14.3 Å². The Balaban J connectivity index is 2.45. The summed E-state index contributed by atoms with van der Waals surface area (Å²) in [4.78, 5) is 22.8.